The highest BCUT2D eigenvalue weighted by Gasteiger charge is 2.37. The molecule has 0 saturated carbocycles. The molecule has 1 N–H and O–H groups in total. The number of nitrogens with one attached hydrogen (secondary N) is 1. The number of amides is 1. The third-order valence-corrected chi connectivity index (χ3v) is 7.11. The van der Waals surface area contributed by atoms with Gasteiger partial charge in [-0.15, -0.1) is 0 Å². The van der Waals surface area contributed by atoms with Crippen LogP contribution in [0.5, 0.6) is 5.75 Å². The smallest absolute Gasteiger partial charge is 0.338 e. The lowest BCUT2D eigenvalue weighted by Gasteiger charge is -2.40. The zero-order valence-electron chi connectivity index (χ0n) is 20.4. The average Bonchev–Trinajstić information content (AvgIpc) is 2.88. The third-order valence-electron chi connectivity index (χ3n) is 6.03. The number of carbonyl (C=O) groups excluding carboxylic acids is 2. The van der Waals surface area contributed by atoms with E-state index >= 15 is 0 Å². The molecule has 0 radical (unpaired) electrons. The van der Waals surface area contributed by atoms with Gasteiger partial charge in [-0.3, -0.25) is 4.79 Å². The van der Waals surface area contributed by atoms with Gasteiger partial charge < -0.3 is 19.7 Å². The van der Waals surface area contributed by atoms with Crippen molar-refractivity contribution in [3.63, 3.8) is 0 Å². The molecule has 2 aliphatic rings. The molecule has 2 heterocycles. The predicted molar refractivity (Wildman–Crippen MR) is 140 cm³/mol. The fourth-order valence-electron chi connectivity index (χ4n) is 4.18. The normalized spacial score (nSPS) is 17.4. The van der Waals surface area contributed by atoms with Crippen molar-refractivity contribution in [2.24, 2.45) is 4.99 Å². The van der Waals surface area contributed by atoms with Crippen LogP contribution in [0.15, 0.2) is 64.8 Å². The number of thioether (sulfide) groups is 1. The molecular formula is C27H31N3O4S. The molecule has 2 aromatic carbocycles. The second-order valence-corrected chi connectivity index (χ2v) is 9.55. The van der Waals surface area contributed by atoms with E-state index in [9.17, 15) is 9.59 Å². The maximum atomic E-state index is 12.7. The van der Waals surface area contributed by atoms with E-state index in [4.69, 9.17) is 9.47 Å². The second-order valence-electron chi connectivity index (χ2n) is 8.49. The van der Waals surface area contributed by atoms with Crippen molar-refractivity contribution in [2.75, 3.05) is 31.3 Å². The summed E-state index contributed by atoms with van der Waals surface area (Å²) < 4.78 is 10.8. The number of ether oxygens (including phenoxy) is 2. The van der Waals surface area contributed by atoms with E-state index in [1.807, 2.05) is 43.3 Å². The van der Waals surface area contributed by atoms with Gasteiger partial charge in [-0.05, 0) is 61.7 Å². The highest BCUT2D eigenvalue weighted by atomic mass is 32.2. The molecule has 2 aromatic rings. The first kappa shape index (κ1) is 24.9. The van der Waals surface area contributed by atoms with E-state index in [1.165, 1.54) is 7.11 Å². The first-order valence-electron chi connectivity index (χ1n) is 11.9. The van der Waals surface area contributed by atoms with Crippen LogP contribution in [-0.2, 0) is 9.53 Å². The van der Waals surface area contributed by atoms with Gasteiger partial charge in [0.05, 0.1) is 31.0 Å². The number of unbranched alkanes of at least 4 members (excludes halogenated alkanes) is 1. The van der Waals surface area contributed by atoms with Crippen LogP contribution in [0.25, 0.3) is 0 Å². The van der Waals surface area contributed by atoms with E-state index in [0.717, 1.165) is 48.0 Å². The average molecular weight is 494 g/mol. The Kier molecular flexibility index (Phi) is 8.13. The molecule has 1 saturated heterocycles. The molecule has 2 aliphatic heterocycles. The number of amidine groups is 1. The van der Waals surface area contributed by atoms with Crippen LogP contribution < -0.4 is 10.1 Å². The van der Waals surface area contributed by atoms with E-state index in [-0.39, 0.29) is 17.9 Å². The molecule has 184 valence electrons. The molecule has 0 bridgehead atoms. The van der Waals surface area contributed by atoms with Gasteiger partial charge in [0.2, 0.25) is 0 Å². The summed E-state index contributed by atoms with van der Waals surface area (Å²) in [6.07, 6.45) is 3.09. The first-order chi connectivity index (χ1) is 17.0. The van der Waals surface area contributed by atoms with Gasteiger partial charge in [-0.1, -0.05) is 37.2 Å². The number of esters is 1. The van der Waals surface area contributed by atoms with Crippen molar-refractivity contribution < 1.29 is 19.1 Å². The fraction of sp³-hybridized carbons (Fsp3) is 0.370. The molecule has 7 nitrogen and oxygen atoms in total. The van der Waals surface area contributed by atoms with Crippen LogP contribution in [0.4, 0.5) is 5.69 Å². The maximum absolute atomic E-state index is 12.7. The summed E-state index contributed by atoms with van der Waals surface area (Å²) in [5.41, 5.74) is 3.42. The predicted octanol–water partition coefficient (Wildman–Crippen LogP) is 5.41. The van der Waals surface area contributed by atoms with E-state index in [0.29, 0.717) is 29.1 Å². The highest BCUT2D eigenvalue weighted by Crippen LogP contribution is 2.40. The third kappa shape index (κ3) is 5.70. The number of fused-ring (bicyclic) bond motifs is 1. The highest BCUT2D eigenvalue weighted by molar-refractivity contribution is 8.13. The molecule has 8 heteroatoms. The number of hydrogen-bond donors (Lipinski definition) is 1. The number of hydrogen-bond acceptors (Lipinski definition) is 7. The van der Waals surface area contributed by atoms with Crippen LogP contribution in [0.1, 0.15) is 55.1 Å². The zero-order valence-corrected chi connectivity index (χ0v) is 21.2. The number of benzene rings is 2. The Morgan fingerprint density at radius 1 is 1.14 bits per heavy atom. The maximum Gasteiger partial charge on any atom is 0.338 e. The Morgan fingerprint density at radius 2 is 1.89 bits per heavy atom. The molecule has 0 aromatic heterocycles. The van der Waals surface area contributed by atoms with Gasteiger partial charge in [0.1, 0.15) is 5.75 Å². The molecule has 1 atom stereocenters. The first-order valence-corrected chi connectivity index (χ1v) is 12.9. The largest absolute Gasteiger partial charge is 0.494 e. The van der Waals surface area contributed by atoms with Crippen molar-refractivity contribution in [3.8, 4) is 5.75 Å². The molecule has 0 unspecified atom stereocenters. The van der Waals surface area contributed by atoms with E-state index in [2.05, 4.69) is 22.1 Å². The van der Waals surface area contributed by atoms with E-state index < -0.39 is 0 Å². The van der Waals surface area contributed by atoms with Crippen LogP contribution in [0, 0.1) is 0 Å². The van der Waals surface area contributed by atoms with Crippen molar-refractivity contribution in [2.45, 2.75) is 39.2 Å². The quantitative estimate of drug-likeness (QED) is 0.391. The number of carbonyl (C=O) groups is 2. The number of methoxy groups -OCH3 is 1. The molecule has 0 spiro atoms. The number of nitrogens with zero attached hydrogens (tertiary/aromatic N) is 2. The standard InChI is InChI=1S/C27H31N3O4S/c1-4-5-16-34-22-13-9-20(10-14-22)25(31)29-21-11-7-19(8-12-21)24-23(26(32)33-3)18(2)28-27-30(24)15-6-17-35-27/h7-14,24H,4-6,15-17H2,1-3H3,(H,29,31)/t24-/m0/s1. The molecule has 35 heavy (non-hydrogen) atoms. The summed E-state index contributed by atoms with van der Waals surface area (Å²) in [7, 11) is 1.40. The van der Waals surface area contributed by atoms with Gasteiger partial charge >= 0.3 is 5.97 Å². The monoisotopic (exact) mass is 493 g/mol. The Morgan fingerprint density at radius 3 is 2.57 bits per heavy atom. The Balaban J connectivity index is 1.49. The lowest BCUT2D eigenvalue weighted by atomic mass is 9.94. The zero-order chi connectivity index (χ0) is 24.8. The summed E-state index contributed by atoms with van der Waals surface area (Å²) >= 11 is 1.71. The summed E-state index contributed by atoms with van der Waals surface area (Å²) in [5, 5.41) is 3.88. The second kappa shape index (κ2) is 11.4. The molecular weight excluding hydrogens is 462 g/mol. The minimum atomic E-state index is -0.370. The minimum absolute atomic E-state index is 0.191. The Hall–Kier alpha value is -3.26. The number of allylic oxidation sites excluding steroid dienone is 1. The van der Waals surface area contributed by atoms with Crippen molar-refractivity contribution >= 4 is 34.5 Å². The fourth-order valence-corrected chi connectivity index (χ4v) is 5.20. The molecule has 1 amide bonds. The molecule has 0 aliphatic carbocycles. The minimum Gasteiger partial charge on any atom is -0.494 e. The summed E-state index contributed by atoms with van der Waals surface area (Å²) in [5.74, 6) is 1.21. The Bertz CT molecular complexity index is 1130. The summed E-state index contributed by atoms with van der Waals surface area (Å²) in [4.78, 5) is 32.2. The van der Waals surface area contributed by atoms with E-state index in [1.54, 1.807) is 23.9 Å². The number of aliphatic imine (C=N–C) groups is 1. The number of rotatable bonds is 8. The van der Waals surface area contributed by atoms with Crippen LogP contribution in [0.3, 0.4) is 0 Å². The summed E-state index contributed by atoms with van der Waals surface area (Å²) in [6, 6.07) is 14.5. The topological polar surface area (TPSA) is 80.2 Å². The lowest BCUT2D eigenvalue weighted by molar-refractivity contribution is -0.136. The molecule has 4 rings (SSSR count). The van der Waals surface area contributed by atoms with Crippen molar-refractivity contribution in [1.29, 1.82) is 0 Å². The summed E-state index contributed by atoms with van der Waals surface area (Å²) in [6.45, 7) is 5.46. The lowest BCUT2D eigenvalue weighted by Crippen LogP contribution is -2.42. The van der Waals surface area contributed by atoms with Gasteiger partial charge in [0, 0.05) is 23.5 Å². The van der Waals surface area contributed by atoms with Crippen molar-refractivity contribution in [3.05, 3.63) is 70.9 Å². The van der Waals surface area contributed by atoms with Crippen LogP contribution in [0.2, 0.25) is 0 Å². The molecule has 1 fully saturated rings. The van der Waals surface area contributed by atoms with Gasteiger partial charge in [-0.25, -0.2) is 9.79 Å². The van der Waals surface area contributed by atoms with Crippen LogP contribution >= 0.6 is 11.8 Å². The van der Waals surface area contributed by atoms with Gasteiger partial charge in [-0.2, -0.15) is 0 Å². The van der Waals surface area contributed by atoms with Crippen molar-refractivity contribution in [1.82, 2.24) is 4.90 Å². The SMILES string of the molecule is CCCCOc1ccc(C(=O)Nc2ccc([C@H]3C(C(=O)OC)=C(C)N=C4SCCCN43)cc2)cc1. The van der Waals surface area contributed by atoms with Gasteiger partial charge in [0.25, 0.3) is 5.91 Å². The number of anilines is 1. The van der Waals surface area contributed by atoms with Crippen LogP contribution in [-0.4, -0.2) is 48.0 Å². The Labute approximate surface area is 210 Å². The van der Waals surface area contributed by atoms with Gasteiger partial charge in [0.15, 0.2) is 5.17 Å².